The van der Waals surface area contributed by atoms with Gasteiger partial charge in [-0.15, -0.1) is 5.10 Å². The normalized spacial score (nSPS) is 11.9. The number of methoxy groups -OCH3 is 1. The molecule has 2 rings (SSSR count). The lowest BCUT2D eigenvalue weighted by Crippen LogP contribution is -2.19. The highest BCUT2D eigenvalue weighted by Gasteiger charge is 2.18. The lowest BCUT2D eigenvalue weighted by molar-refractivity contribution is -0.117. The van der Waals surface area contributed by atoms with Gasteiger partial charge in [0.15, 0.2) is 0 Å². The molecule has 2 aromatic rings. The summed E-state index contributed by atoms with van der Waals surface area (Å²) in [6.07, 6.45) is 0. The molecule has 1 amide bonds. The molecule has 0 aliphatic carbocycles. The first kappa shape index (κ1) is 13.5. The van der Waals surface area contributed by atoms with Crippen molar-refractivity contribution >= 4 is 22.4 Å². The molecule has 0 aliphatic heterocycles. The fraction of sp³-hybridized carbons (Fsp3) is 0.308. The summed E-state index contributed by atoms with van der Waals surface area (Å²) >= 11 is 1.20. The Labute approximate surface area is 115 Å². The van der Waals surface area contributed by atoms with E-state index in [0.717, 1.165) is 11.1 Å². The number of carbonyl (C=O) groups excluding carboxylic acids is 1. The molecule has 0 radical (unpaired) electrons. The predicted octanol–water partition coefficient (Wildman–Crippen LogP) is 2.60. The van der Waals surface area contributed by atoms with Crippen molar-refractivity contribution in [2.75, 3.05) is 12.4 Å². The van der Waals surface area contributed by atoms with E-state index in [4.69, 9.17) is 4.74 Å². The number of hydrogen-bond donors (Lipinski definition) is 1. The van der Waals surface area contributed by atoms with Crippen LogP contribution in [0.1, 0.15) is 24.0 Å². The minimum Gasteiger partial charge on any atom is -0.472 e. The zero-order valence-electron chi connectivity index (χ0n) is 11.0. The van der Waals surface area contributed by atoms with Gasteiger partial charge in [0, 0.05) is 0 Å². The standard InChI is InChI=1S/C13H15N3O2S/c1-8-6-4-5-7-10(8)9(2)11(17)14-12-15-16-13(18-3)19-12/h4-7,9H,1-3H3,(H,14,15,17). The summed E-state index contributed by atoms with van der Waals surface area (Å²) < 4.78 is 4.93. The van der Waals surface area contributed by atoms with Gasteiger partial charge in [0.25, 0.3) is 5.19 Å². The van der Waals surface area contributed by atoms with Crippen LogP contribution in [-0.4, -0.2) is 23.2 Å². The number of aryl methyl sites for hydroxylation is 1. The number of aromatic nitrogens is 2. The average molecular weight is 277 g/mol. The number of anilines is 1. The maximum Gasteiger partial charge on any atom is 0.295 e. The molecule has 1 unspecified atom stereocenters. The Balaban J connectivity index is 2.09. The first-order valence-corrected chi connectivity index (χ1v) is 6.67. The second kappa shape index (κ2) is 5.79. The summed E-state index contributed by atoms with van der Waals surface area (Å²) in [5.74, 6) is -0.343. The molecular weight excluding hydrogens is 262 g/mol. The van der Waals surface area contributed by atoms with Crippen molar-refractivity contribution in [1.82, 2.24) is 10.2 Å². The molecule has 0 saturated heterocycles. The Morgan fingerprint density at radius 1 is 1.37 bits per heavy atom. The van der Waals surface area contributed by atoms with Gasteiger partial charge >= 0.3 is 0 Å². The zero-order valence-corrected chi connectivity index (χ0v) is 11.8. The Morgan fingerprint density at radius 3 is 2.74 bits per heavy atom. The van der Waals surface area contributed by atoms with Crippen LogP contribution in [0.2, 0.25) is 0 Å². The Hall–Kier alpha value is -1.95. The summed E-state index contributed by atoms with van der Waals surface area (Å²) in [5.41, 5.74) is 2.11. The first-order valence-electron chi connectivity index (χ1n) is 5.85. The summed E-state index contributed by atoms with van der Waals surface area (Å²) in [6, 6.07) is 7.84. The average Bonchev–Trinajstić information content (AvgIpc) is 2.86. The molecule has 0 aliphatic rings. The van der Waals surface area contributed by atoms with E-state index in [1.807, 2.05) is 38.1 Å². The Bertz CT molecular complexity index is 583. The van der Waals surface area contributed by atoms with Crippen molar-refractivity contribution in [3.8, 4) is 5.19 Å². The van der Waals surface area contributed by atoms with E-state index in [9.17, 15) is 4.79 Å². The van der Waals surface area contributed by atoms with Crippen molar-refractivity contribution in [2.24, 2.45) is 0 Å². The van der Waals surface area contributed by atoms with Gasteiger partial charge in [-0.3, -0.25) is 10.1 Å². The van der Waals surface area contributed by atoms with Crippen molar-refractivity contribution in [1.29, 1.82) is 0 Å². The monoisotopic (exact) mass is 277 g/mol. The molecule has 1 N–H and O–H groups in total. The van der Waals surface area contributed by atoms with Crippen LogP contribution >= 0.6 is 11.3 Å². The molecule has 19 heavy (non-hydrogen) atoms. The quantitative estimate of drug-likeness (QED) is 0.933. The predicted molar refractivity (Wildman–Crippen MR) is 74.7 cm³/mol. The van der Waals surface area contributed by atoms with E-state index in [0.29, 0.717) is 10.3 Å². The van der Waals surface area contributed by atoms with Gasteiger partial charge in [-0.25, -0.2) is 0 Å². The van der Waals surface area contributed by atoms with E-state index in [-0.39, 0.29) is 11.8 Å². The number of amides is 1. The number of benzene rings is 1. The van der Waals surface area contributed by atoms with Gasteiger partial charge < -0.3 is 4.74 Å². The van der Waals surface area contributed by atoms with Gasteiger partial charge in [-0.05, 0) is 36.3 Å². The molecule has 100 valence electrons. The van der Waals surface area contributed by atoms with Crippen LogP contribution in [0.4, 0.5) is 5.13 Å². The molecule has 0 spiro atoms. The number of nitrogens with zero attached hydrogens (tertiary/aromatic N) is 2. The number of ether oxygens (including phenoxy) is 1. The van der Waals surface area contributed by atoms with Crippen LogP contribution in [0, 0.1) is 6.92 Å². The third-order valence-corrected chi connectivity index (χ3v) is 3.66. The van der Waals surface area contributed by atoms with Crippen LogP contribution in [0.5, 0.6) is 5.19 Å². The molecule has 0 fully saturated rings. The summed E-state index contributed by atoms with van der Waals surface area (Å²) in [6.45, 7) is 3.86. The van der Waals surface area contributed by atoms with Crippen LogP contribution < -0.4 is 10.1 Å². The smallest absolute Gasteiger partial charge is 0.295 e. The molecule has 1 atom stereocenters. The van der Waals surface area contributed by atoms with Gasteiger partial charge in [-0.2, -0.15) is 0 Å². The second-order valence-electron chi connectivity index (χ2n) is 4.14. The molecule has 0 saturated carbocycles. The highest BCUT2D eigenvalue weighted by Crippen LogP contribution is 2.24. The number of hydrogen-bond acceptors (Lipinski definition) is 5. The Kier molecular flexibility index (Phi) is 4.11. The van der Waals surface area contributed by atoms with Crippen molar-refractivity contribution in [2.45, 2.75) is 19.8 Å². The molecular formula is C13H15N3O2S. The lowest BCUT2D eigenvalue weighted by Gasteiger charge is -2.13. The highest BCUT2D eigenvalue weighted by atomic mass is 32.1. The SMILES string of the molecule is COc1nnc(NC(=O)C(C)c2ccccc2C)s1. The van der Waals surface area contributed by atoms with Gasteiger partial charge in [0.05, 0.1) is 13.0 Å². The summed E-state index contributed by atoms with van der Waals surface area (Å²) in [4.78, 5) is 12.1. The minimum absolute atomic E-state index is 0.104. The van der Waals surface area contributed by atoms with Crippen molar-refractivity contribution < 1.29 is 9.53 Å². The zero-order chi connectivity index (χ0) is 13.8. The number of carbonyl (C=O) groups is 1. The topological polar surface area (TPSA) is 64.1 Å². The van der Waals surface area contributed by atoms with E-state index in [1.54, 1.807) is 0 Å². The van der Waals surface area contributed by atoms with E-state index >= 15 is 0 Å². The Morgan fingerprint density at radius 2 is 2.11 bits per heavy atom. The fourth-order valence-corrected chi connectivity index (χ4v) is 2.33. The second-order valence-corrected chi connectivity index (χ2v) is 5.08. The van der Waals surface area contributed by atoms with Crippen molar-refractivity contribution in [3.05, 3.63) is 35.4 Å². The third-order valence-electron chi connectivity index (χ3n) is 2.86. The number of nitrogens with one attached hydrogen (secondary N) is 1. The highest BCUT2D eigenvalue weighted by molar-refractivity contribution is 7.17. The summed E-state index contributed by atoms with van der Waals surface area (Å²) in [5, 5.41) is 11.2. The van der Waals surface area contributed by atoms with Gasteiger partial charge in [-0.1, -0.05) is 29.4 Å². The van der Waals surface area contributed by atoms with Gasteiger partial charge in [0.1, 0.15) is 0 Å². The minimum atomic E-state index is -0.240. The van der Waals surface area contributed by atoms with E-state index in [2.05, 4.69) is 15.5 Å². The molecule has 1 aromatic heterocycles. The molecule has 1 heterocycles. The molecule has 6 heteroatoms. The van der Waals surface area contributed by atoms with E-state index < -0.39 is 0 Å². The van der Waals surface area contributed by atoms with Crippen LogP contribution in [0.3, 0.4) is 0 Å². The first-order chi connectivity index (χ1) is 9.11. The lowest BCUT2D eigenvalue weighted by atomic mass is 9.96. The fourth-order valence-electron chi connectivity index (χ4n) is 1.77. The van der Waals surface area contributed by atoms with Crippen molar-refractivity contribution in [3.63, 3.8) is 0 Å². The maximum atomic E-state index is 12.1. The largest absolute Gasteiger partial charge is 0.472 e. The van der Waals surface area contributed by atoms with Crippen LogP contribution in [0.25, 0.3) is 0 Å². The maximum absolute atomic E-state index is 12.1. The molecule has 5 nitrogen and oxygen atoms in total. The molecule has 1 aromatic carbocycles. The van der Waals surface area contributed by atoms with Crippen LogP contribution in [-0.2, 0) is 4.79 Å². The number of rotatable bonds is 4. The molecule has 0 bridgehead atoms. The van der Waals surface area contributed by atoms with E-state index in [1.165, 1.54) is 18.4 Å². The van der Waals surface area contributed by atoms with Crippen LogP contribution in [0.15, 0.2) is 24.3 Å². The third kappa shape index (κ3) is 3.08. The summed E-state index contributed by atoms with van der Waals surface area (Å²) in [7, 11) is 1.52. The van der Waals surface area contributed by atoms with Gasteiger partial charge in [0.2, 0.25) is 11.0 Å².